The average molecular weight is 467 g/mol. The topological polar surface area (TPSA) is 84.5 Å². The molecule has 7 heteroatoms. The number of sulfonamides is 1. The SMILES string of the molecule is Cc1ccc(S(=O)(=O)NCc2ccccc2)cc1C(=O)NCCCOC(C)c1ccccc1. The first-order valence-corrected chi connectivity index (χ1v) is 12.4. The van der Waals surface area contributed by atoms with Crippen molar-refractivity contribution in [1.82, 2.24) is 10.0 Å². The van der Waals surface area contributed by atoms with Crippen LogP contribution in [0.1, 0.15) is 46.5 Å². The molecule has 0 heterocycles. The fourth-order valence-electron chi connectivity index (χ4n) is 3.32. The molecule has 1 unspecified atom stereocenters. The van der Waals surface area contributed by atoms with Gasteiger partial charge < -0.3 is 10.1 Å². The maximum Gasteiger partial charge on any atom is 0.251 e. The van der Waals surface area contributed by atoms with E-state index in [4.69, 9.17) is 4.74 Å². The second-order valence-corrected chi connectivity index (χ2v) is 9.59. The number of nitrogens with one attached hydrogen (secondary N) is 2. The summed E-state index contributed by atoms with van der Waals surface area (Å²) in [6.07, 6.45) is 0.632. The van der Waals surface area contributed by atoms with E-state index in [1.807, 2.05) is 67.6 Å². The minimum absolute atomic E-state index is 0.0191. The van der Waals surface area contributed by atoms with Gasteiger partial charge in [-0.25, -0.2) is 13.1 Å². The van der Waals surface area contributed by atoms with Crippen LogP contribution in [0.3, 0.4) is 0 Å². The molecule has 6 nitrogen and oxygen atoms in total. The van der Waals surface area contributed by atoms with Gasteiger partial charge >= 0.3 is 0 Å². The van der Waals surface area contributed by atoms with Crippen molar-refractivity contribution in [3.8, 4) is 0 Å². The summed E-state index contributed by atoms with van der Waals surface area (Å²) in [6, 6.07) is 23.8. The number of hydrogen-bond acceptors (Lipinski definition) is 4. The Bertz CT molecular complexity index is 1150. The zero-order valence-electron chi connectivity index (χ0n) is 19.0. The molecule has 0 saturated heterocycles. The molecule has 3 aromatic rings. The summed E-state index contributed by atoms with van der Waals surface area (Å²) in [5.74, 6) is -0.302. The standard InChI is InChI=1S/C26H30N2O4S/c1-20-14-15-24(33(30,31)28-19-22-10-5-3-6-11-22)18-25(20)26(29)27-16-9-17-32-21(2)23-12-7-4-8-13-23/h3-8,10-15,18,21,28H,9,16-17,19H2,1-2H3,(H,27,29). The quantitative estimate of drug-likeness (QED) is 0.411. The van der Waals surface area contributed by atoms with E-state index in [9.17, 15) is 13.2 Å². The van der Waals surface area contributed by atoms with Crippen molar-refractivity contribution in [3.05, 3.63) is 101 Å². The third-order valence-electron chi connectivity index (χ3n) is 5.32. The lowest BCUT2D eigenvalue weighted by atomic mass is 10.1. The summed E-state index contributed by atoms with van der Waals surface area (Å²) < 4.78 is 33.8. The van der Waals surface area contributed by atoms with E-state index in [1.54, 1.807) is 13.0 Å². The average Bonchev–Trinajstić information content (AvgIpc) is 2.83. The van der Waals surface area contributed by atoms with Gasteiger partial charge in [-0.05, 0) is 49.1 Å². The van der Waals surface area contributed by atoms with Crippen LogP contribution in [0, 0.1) is 6.92 Å². The Morgan fingerprint density at radius 2 is 1.64 bits per heavy atom. The zero-order valence-corrected chi connectivity index (χ0v) is 19.8. The number of amides is 1. The lowest BCUT2D eigenvalue weighted by molar-refractivity contribution is 0.0635. The van der Waals surface area contributed by atoms with Gasteiger partial charge in [0, 0.05) is 25.3 Å². The van der Waals surface area contributed by atoms with E-state index >= 15 is 0 Å². The molecule has 2 N–H and O–H groups in total. The lowest BCUT2D eigenvalue weighted by Crippen LogP contribution is -2.27. The maximum atomic E-state index is 12.7. The Morgan fingerprint density at radius 1 is 0.970 bits per heavy atom. The van der Waals surface area contributed by atoms with E-state index in [0.29, 0.717) is 30.7 Å². The van der Waals surface area contributed by atoms with E-state index in [1.165, 1.54) is 12.1 Å². The van der Waals surface area contributed by atoms with Crippen LogP contribution in [0.25, 0.3) is 0 Å². The van der Waals surface area contributed by atoms with Crippen molar-refractivity contribution < 1.29 is 17.9 Å². The molecular weight excluding hydrogens is 436 g/mol. The minimum Gasteiger partial charge on any atom is -0.374 e. The van der Waals surface area contributed by atoms with Crippen molar-refractivity contribution in [2.45, 2.75) is 37.8 Å². The third-order valence-corrected chi connectivity index (χ3v) is 6.72. The van der Waals surface area contributed by atoms with Gasteiger partial charge in [0.15, 0.2) is 0 Å². The van der Waals surface area contributed by atoms with Gasteiger partial charge in [-0.1, -0.05) is 66.7 Å². The highest BCUT2D eigenvalue weighted by Gasteiger charge is 2.18. The number of hydrogen-bond donors (Lipinski definition) is 2. The van der Waals surface area contributed by atoms with Crippen molar-refractivity contribution in [2.75, 3.05) is 13.2 Å². The van der Waals surface area contributed by atoms with Gasteiger partial charge in [0.25, 0.3) is 5.91 Å². The first-order valence-electron chi connectivity index (χ1n) is 11.0. The molecule has 0 saturated carbocycles. The molecule has 0 aliphatic heterocycles. The Hall–Kier alpha value is -3.00. The number of carbonyl (C=O) groups is 1. The predicted octanol–water partition coefficient (Wildman–Crippen LogP) is 4.37. The predicted molar refractivity (Wildman–Crippen MR) is 129 cm³/mol. The molecule has 0 bridgehead atoms. The van der Waals surface area contributed by atoms with Crippen LogP contribution in [-0.4, -0.2) is 27.5 Å². The summed E-state index contributed by atoms with van der Waals surface area (Å²) in [5.41, 5.74) is 3.02. The molecule has 0 radical (unpaired) electrons. The molecule has 0 aliphatic carbocycles. The monoisotopic (exact) mass is 466 g/mol. The fourth-order valence-corrected chi connectivity index (χ4v) is 4.36. The molecule has 0 aromatic heterocycles. The highest BCUT2D eigenvalue weighted by molar-refractivity contribution is 7.89. The number of benzene rings is 3. The smallest absolute Gasteiger partial charge is 0.251 e. The molecular formula is C26H30N2O4S. The summed E-state index contributed by atoms with van der Waals surface area (Å²) in [4.78, 5) is 12.7. The van der Waals surface area contributed by atoms with Gasteiger partial charge in [0.05, 0.1) is 11.0 Å². The normalized spacial score (nSPS) is 12.3. The van der Waals surface area contributed by atoms with Gasteiger partial charge in [0.2, 0.25) is 10.0 Å². The molecule has 174 valence electrons. The molecule has 0 spiro atoms. The minimum atomic E-state index is -3.75. The van der Waals surface area contributed by atoms with Crippen molar-refractivity contribution in [1.29, 1.82) is 0 Å². The Kier molecular flexibility index (Phi) is 8.77. The number of aryl methyl sites for hydroxylation is 1. The van der Waals surface area contributed by atoms with E-state index in [2.05, 4.69) is 10.0 Å². The molecule has 33 heavy (non-hydrogen) atoms. The zero-order chi connectivity index (χ0) is 23.7. The van der Waals surface area contributed by atoms with Crippen LogP contribution in [0.5, 0.6) is 0 Å². The van der Waals surface area contributed by atoms with Crippen LogP contribution in [0.4, 0.5) is 0 Å². The summed E-state index contributed by atoms with van der Waals surface area (Å²) in [5, 5.41) is 2.86. The van der Waals surface area contributed by atoms with Crippen LogP contribution in [-0.2, 0) is 21.3 Å². The molecule has 0 fully saturated rings. The third kappa shape index (κ3) is 7.25. The van der Waals surface area contributed by atoms with E-state index < -0.39 is 10.0 Å². The Labute approximate surface area is 196 Å². The number of ether oxygens (including phenoxy) is 1. The second kappa shape index (κ2) is 11.7. The van der Waals surface area contributed by atoms with Gasteiger partial charge in [-0.15, -0.1) is 0 Å². The summed E-state index contributed by atoms with van der Waals surface area (Å²) in [7, 11) is -3.75. The highest BCUT2D eigenvalue weighted by Crippen LogP contribution is 2.17. The first-order chi connectivity index (χ1) is 15.9. The fraction of sp³-hybridized carbons (Fsp3) is 0.269. The molecule has 3 rings (SSSR count). The van der Waals surface area contributed by atoms with Crippen molar-refractivity contribution in [2.24, 2.45) is 0 Å². The van der Waals surface area contributed by atoms with Crippen molar-refractivity contribution >= 4 is 15.9 Å². The molecule has 1 atom stereocenters. The van der Waals surface area contributed by atoms with E-state index in [0.717, 1.165) is 11.1 Å². The lowest BCUT2D eigenvalue weighted by Gasteiger charge is -2.14. The second-order valence-electron chi connectivity index (χ2n) is 7.82. The molecule has 1 amide bonds. The van der Waals surface area contributed by atoms with Gasteiger partial charge in [-0.2, -0.15) is 0 Å². The van der Waals surface area contributed by atoms with Gasteiger partial charge in [0.1, 0.15) is 0 Å². The number of carbonyl (C=O) groups excluding carboxylic acids is 1. The van der Waals surface area contributed by atoms with Gasteiger partial charge in [-0.3, -0.25) is 4.79 Å². The first kappa shape index (κ1) is 24.6. The van der Waals surface area contributed by atoms with Crippen LogP contribution < -0.4 is 10.0 Å². The van der Waals surface area contributed by atoms with E-state index in [-0.39, 0.29) is 23.5 Å². The van der Waals surface area contributed by atoms with Crippen LogP contribution in [0.15, 0.2) is 83.8 Å². The summed E-state index contributed by atoms with van der Waals surface area (Å²) in [6.45, 7) is 4.90. The largest absolute Gasteiger partial charge is 0.374 e. The summed E-state index contributed by atoms with van der Waals surface area (Å²) >= 11 is 0. The van der Waals surface area contributed by atoms with Crippen LogP contribution in [0.2, 0.25) is 0 Å². The van der Waals surface area contributed by atoms with Crippen molar-refractivity contribution in [3.63, 3.8) is 0 Å². The molecule has 3 aromatic carbocycles. The maximum absolute atomic E-state index is 12.7. The molecule has 0 aliphatic rings. The highest BCUT2D eigenvalue weighted by atomic mass is 32.2. The number of rotatable bonds is 11. The van der Waals surface area contributed by atoms with Crippen LogP contribution >= 0.6 is 0 Å². The Morgan fingerprint density at radius 3 is 2.33 bits per heavy atom. The Balaban J connectivity index is 1.52.